The third-order valence-corrected chi connectivity index (χ3v) is 11.9. The molecule has 2 aromatic carbocycles. The summed E-state index contributed by atoms with van der Waals surface area (Å²) in [6.07, 6.45) is 14.4. The number of hydrogen-bond acceptors (Lipinski definition) is 8. The number of anilines is 1. The predicted molar refractivity (Wildman–Crippen MR) is 212 cm³/mol. The molecule has 4 rings (SSSR count). The minimum atomic E-state index is -4.45. The van der Waals surface area contributed by atoms with E-state index in [1.165, 1.54) is 24.3 Å². The number of carbonyl (C=O) groups excluding carboxylic acids is 1. The molecule has 16 heteroatoms. The van der Waals surface area contributed by atoms with Gasteiger partial charge in [0.25, 0.3) is 20.2 Å². The standard InChI is InChI=1S/C40H49N3O11S2/c1-6-42-32-21-18-27(55(49,50)51)25-29(32)39(2,3)34(42)15-11-8-7-9-12-16-35-40(4,5)30-26-28(56(52,53)54)19-22-33(30)43(35)24-14-10-13-17-36(44)41-31(38(47)48)20-23-37(45)46/h7-9,11-12,15-16,18-19,21-22,25-26,31H,6,10,13-14,17,20,23-24H2,1-5H3,(H4-,41,44,45,46,47,48,49,50,51,52,53,54)/p+1/t31-/m1/s1. The molecule has 5 N–H and O–H groups in total. The number of benzene rings is 2. The van der Waals surface area contributed by atoms with Crippen LogP contribution in [0.4, 0.5) is 11.4 Å². The van der Waals surface area contributed by atoms with Crippen molar-refractivity contribution in [3.63, 3.8) is 0 Å². The van der Waals surface area contributed by atoms with Crippen LogP contribution in [0, 0.1) is 0 Å². The second-order valence-corrected chi connectivity index (χ2v) is 17.6. The van der Waals surface area contributed by atoms with E-state index < -0.39 is 55.0 Å². The van der Waals surface area contributed by atoms with Crippen LogP contribution in [0.5, 0.6) is 0 Å². The molecule has 14 nitrogen and oxygen atoms in total. The number of carboxylic acid groups (broad SMARTS) is 2. The first-order valence-corrected chi connectivity index (χ1v) is 21.1. The van der Waals surface area contributed by atoms with Crippen molar-refractivity contribution in [1.82, 2.24) is 5.32 Å². The molecule has 1 amide bonds. The van der Waals surface area contributed by atoms with Gasteiger partial charge in [-0.1, -0.05) is 44.2 Å². The molecule has 0 saturated carbocycles. The van der Waals surface area contributed by atoms with Crippen LogP contribution >= 0.6 is 0 Å². The molecular weight excluding hydrogens is 763 g/mol. The molecule has 0 radical (unpaired) electrons. The highest BCUT2D eigenvalue weighted by atomic mass is 32.2. The van der Waals surface area contributed by atoms with E-state index in [4.69, 9.17) is 5.11 Å². The van der Waals surface area contributed by atoms with Crippen LogP contribution in [0.25, 0.3) is 0 Å². The van der Waals surface area contributed by atoms with Gasteiger partial charge in [0.1, 0.15) is 12.6 Å². The Morgan fingerprint density at radius 3 is 2.02 bits per heavy atom. The number of unbranched alkanes of at least 4 members (excludes halogenated alkanes) is 2. The normalized spacial score (nSPS) is 17.6. The molecule has 0 fully saturated rings. The van der Waals surface area contributed by atoms with Gasteiger partial charge in [-0.05, 0) is 82.0 Å². The van der Waals surface area contributed by atoms with Gasteiger partial charge in [-0.3, -0.25) is 18.7 Å². The zero-order chi connectivity index (χ0) is 41.6. The number of hydrogen-bond donors (Lipinski definition) is 5. The van der Waals surface area contributed by atoms with Gasteiger partial charge in [-0.2, -0.15) is 21.4 Å². The van der Waals surface area contributed by atoms with Crippen LogP contribution in [0.3, 0.4) is 0 Å². The molecule has 0 unspecified atom stereocenters. The van der Waals surface area contributed by atoms with Crippen molar-refractivity contribution in [1.29, 1.82) is 0 Å². The quantitative estimate of drug-likeness (QED) is 0.0513. The minimum Gasteiger partial charge on any atom is -0.481 e. The summed E-state index contributed by atoms with van der Waals surface area (Å²) in [6, 6.07) is 7.83. The molecular formula is C40H50N3O11S2+. The zero-order valence-electron chi connectivity index (χ0n) is 32.1. The summed E-state index contributed by atoms with van der Waals surface area (Å²) in [5, 5.41) is 20.6. The SMILES string of the molecule is CCN1/C(=C/C=C/C=C/C=C/C2=[N+](CCCCCC(=O)N[C@H](CCC(=O)O)C(=O)O)c3ccc(S(=O)(=O)O)cc3C2(C)C)C(C)(C)c2cc(S(=O)(=O)O)ccc21. The molecule has 2 aliphatic heterocycles. The number of fused-ring (bicyclic) bond motifs is 2. The average Bonchev–Trinajstić information content (AvgIpc) is 3.45. The number of rotatable bonds is 18. The van der Waals surface area contributed by atoms with Gasteiger partial charge in [0, 0.05) is 60.3 Å². The van der Waals surface area contributed by atoms with Crippen LogP contribution in [-0.2, 0) is 45.4 Å². The molecule has 2 aromatic rings. The van der Waals surface area contributed by atoms with E-state index in [1.54, 1.807) is 12.1 Å². The summed E-state index contributed by atoms with van der Waals surface area (Å²) in [7, 11) is -8.80. The fourth-order valence-electron chi connectivity index (χ4n) is 7.22. The molecule has 0 spiro atoms. The van der Waals surface area contributed by atoms with Gasteiger partial charge in [0.15, 0.2) is 5.71 Å². The van der Waals surface area contributed by atoms with E-state index in [0.717, 1.165) is 28.3 Å². The summed E-state index contributed by atoms with van der Waals surface area (Å²) >= 11 is 0. The maximum Gasteiger partial charge on any atom is 0.326 e. The lowest BCUT2D eigenvalue weighted by Gasteiger charge is -2.25. The lowest BCUT2D eigenvalue weighted by atomic mass is 9.81. The number of carbonyl (C=O) groups is 3. The maximum absolute atomic E-state index is 12.4. The number of aliphatic carboxylic acids is 2. The van der Waals surface area contributed by atoms with Crippen LogP contribution < -0.4 is 10.2 Å². The maximum atomic E-state index is 12.4. The van der Waals surface area contributed by atoms with E-state index in [-0.39, 0.29) is 29.1 Å². The van der Waals surface area contributed by atoms with Gasteiger partial charge in [0.2, 0.25) is 11.6 Å². The number of amides is 1. The number of nitrogens with zero attached hydrogens (tertiary/aromatic N) is 2. The first-order valence-electron chi connectivity index (χ1n) is 18.2. The van der Waals surface area contributed by atoms with Crippen molar-refractivity contribution < 1.29 is 55.1 Å². The van der Waals surface area contributed by atoms with E-state index in [2.05, 4.69) is 14.8 Å². The van der Waals surface area contributed by atoms with Gasteiger partial charge >= 0.3 is 11.9 Å². The molecule has 56 heavy (non-hydrogen) atoms. The van der Waals surface area contributed by atoms with Crippen molar-refractivity contribution >= 4 is 55.2 Å². The molecule has 1 atom stereocenters. The highest BCUT2D eigenvalue weighted by Gasteiger charge is 2.45. The highest BCUT2D eigenvalue weighted by molar-refractivity contribution is 7.86. The monoisotopic (exact) mass is 812 g/mol. The smallest absolute Gasteiger partial charge is 0.326 e. The third-order valence-electron chi connectivity index (χ3n) is 10.2. The zero-order valence-corrected chi connectivity index (χ0v) is 33.7. The van der Waals surface area contributed by atoms with Gasteiger partial charge in [-0.25, -0.2) is 4.79 Å². The van der Waals surface area contributed by atoms with Gasteiger partial charge in [0.05, 0.1) is 15.2 Å². The van der Waals surface area contributed by atoms with E-state index in [1.807, 2.05) is 77.2 Å². The van der Waals surface area contributed by atoms with Crippen LogP contribution in [0.2, 0.25) is 0 Å². The van der Waals surface area contributed by atoms with E-state index >= 15 is 0 Å². The Morgan fingerprint density at radius 2 is 1.41 bits per heavy atom. The molecule has 0 aromatic heterocycles. The second-order valence-electron chi connectivity index (χ2n) is 14.7. The number of carboxylic acids is 2. The van der Waals surface area contributed by atoms with Gasteiger partial charge in [-0.15, -0.1) is 0 Å². The molecule has 2 aliphatic rings. The number of allylic oxidation sites excluding steroid dienone is 8. The molecule has 0 saturated heterocycles. The van der Waals surface area contributed by atoms with Crippen LogP contribution in [0.1, 0.15) is 84.3 Å². The summed E-state index contributed by atoms with van der Waals surface area (Å²) in [5.74, 6) is -2.92. The Hall–Kier alpha value is -4.90. The van der Waals surface area contributed by atoms with Gasteiger partial charge < -0.3 is 20.4 Å². The van der Waals surface area contributed by atoms with Crippen molar-refractivity contribution in [3.8, 4) is 0 Å². The Morgan fingerprint density at radius 1 is 0.804 bits per heavy atom. The topological polar surface area (TPSA) is 219 Å². The van der Waals surface area contributed by atoms with Crippen LogP contribution in [-0.4, -0.2) is 83.4 Å². The first-order chi connectivity index (χ1) is 26.1. The minimum absolute atomic E-state index is 0.0675. The van der Waals surface area contributed by atoms with E-state index in [0.29, 0.717) is 37.9 Å². The van der Waals surface area contributed by atoms with Crippen molar-refractivity contribution in [2.75, 3.05) is 18.0 Å². The summed E-state index contributed by atoms with van der Waals surface area (Å²) in [6.45, 7) is 11.1. The van der Waals surface area contributed by atoms with Crippen LogP contribution in [0.15, 0.2) is 94.4 Å². The van der Waals surface area contributed by atoms with Crippen molar-refractivity contribution in [2.24, 2.45) is 0 Å². The Bertz CT molecular complexity index is 2250. The lowest BCUT2D eigenvalue weighted by molar-refractivity contribution is -0.438. The highest BCUT2D eigenvalue weighted by Crippen LogP contribution is 2.48. The summed E-state index contributed by atoms with van der Waals surface area (Å²) in [5.41, 5.74) is 3.83. The molecule has 302 valence electrons. The summed E-state index contributed by atoms with van der Waals surface area (Å²) in [4.78, 5) is 36.4. The lowest BCUT2D eigenvalue weighted by Crippen LogP contribution is -2.41. The third kappa shape index (κ3) is 10.1. The van der Waals surface area contributed by atoms with Crippen molar-refractivity contribution in [2.45, 2.75) is 99.8 Å². The summed E-state index contributed by atoms with van der Waals surface area (Å²) < 4.78 is 69.1. The van der Waals surface area contributed by atoms with Crippen molar-refractivity contribution in [3.05, 3.63) is 95.8 Å². The number of likely N-dealkylation sites (N-methyl/N-ethyl adjacent to an activating group) is 1. The fraction of sp³-hybridized carbons (Fsp3) is 0.400. The Balaban J connectivity index is 1.49. The molecule has 0 aliphatic carbocycles. The second kappa shape index (κ2) is 17.5. The fourth-order valence-corrected chi connectivity index (χ4v) is 8.24. The Labute approximate surface area is 328 Å². The average molecular weight is 813 g/mol. The molecule has 2 heterocycles. The Kier molecular flexibility index (Phi) is 13.7. The largest absolute Gasteiger partial charge is 0.481 e. The predicted octanol–water partition coefficient (Wildman–Crippen LogP) is 5.92. The van der Waals surface area contributed by atoms with E-state index in [9.17, 15) is 45.4 Å². The first kappa shape index (κ1) is 43.8. The molecule has 0 bridgehead atoms. The number of nitrogens with one attached hydrogen (secondary N) is 1.